The van der Waals surface area contributed by atoms with Crippen LogP contribution < -0.4 is 10.2 Å². The smallest absolute Gasteiger partial charge is 0.273 e. The second kappa shape index (κ2) is 9.57. The Hall–Kier alpha value is -2.78. The molecule has 0 unspecified atom stereocenters. The summed E-state index contributed by atoms with van der Waals surface area (Å²) in [6.45, 7) is 6.68. The lowest BCUT2D eigenvalue weighted by Gasteiger charge is -2.36. The van der Waals surface area contributed by atoms with Crippen LogP contribution in [-0.2, 0) is 0 Å². The molecule has 1 fully saturated rings. The predicted molar refractivity (Wildman–Crippen MR) is 121 cm³/mol. The monoisotopic (exact) mass is 486 g/mol. The lowest BCUT2D eigenvalue weighted by molar-refractivity contribution is 0.0942. The van der Waals surface area contributed by atoms with Gasteiger partial charge in [0.2, 0.25) is 0 Å². The molecular formula is C22H24BrFN6O. The molecule has 0 radical (unpaired) electrons. The Labute approximate surface area is 189 Å². The van der Waals surface area contributed by atoms with E-state index in [9.17, 15) is 9.18 Å². The highest BCUT2D eigenvalue weighted by Crippen LogP contribution is 2.18. The van der Waals surface area contributed by atoms with E-state index in [2.05, 4.69) is 41.4 Å². The minimum Gasteiger partial charge on any atom is -0.369 e. The molecule has 2 aromatic carbocycles. The van der Waals surface area contributed by atoms with Crippen molar-refractivity contribution in [2.45, 2.75) is 6.92 Å². The third-order valence-electron chi connectivity index (χ3n) is 5.44. The number of benzene rings is 2. The lowest BCUT2D eigenvalue weighted by Crippen LogP contribution is -2.48. The molecule has 3 aromatic rings. The first-order valence-corrected chi connectivity index (χ1v) is 11.0. The van der Waals surface area contributed by atoms with E-state index in [4.69, 9.17) is 0 Å². The van der Waals surface area contributed by atoms with Gasteiger partial charge in [-0.2, -0.15) is 0 Å². The Bertz CT molecular complexity index is 1050. The largest absolute Gasteiger partial charge is 0.369 e. The molecule has 2 heterocycles. The normalized spacial score (nSPS) is 14.6. The molecule has 1 amide bonds. The molecule has 31 heavy (non-hydrogen) atoms. The molecule has 1 aromatic heterocycles. The van der Waals surface area contributed by atoms with Gasteiger partial charge in [0.1, 0.15) is 5.82 Å². The fourth-order valence-electron chi connectivity index (χ4n) is 3.68. The average molecular weight is 487 g/mol. The Morgan fingerprint density at radius 2 is 1.84 bits per heavy atom. The zero-order valence-electron chi connectivity index (χ0n) is 17.3. The molecule has 162 valence electrons. The van der Waals surface area contributed by atoms with Crippen LogP contribution in [0, 0.1) is 12.7 Å². The standard InChI is InChI=1S/C22H24BrFN6O/c1-16-21(26-27-30(16)20-4-2-3-17(23)15-20)22(31)25-9-10-28-11-13-29(14-12-28)19-7-5-18(24)6-8-19/h2-8,15H,9-14H2,1H3,(H,25,31). The fourth-order valence-corrected chi connectivity index (χ4v) is 4.07. The molecule has 1 N–H and O–H groups in total. The van der Waals surface area contributed by atoms with Crippen molar-refractivity contribution < 1.29 is 9.18 Å². The molecule has 0 bridgehead atoms. The van der Waals surface area contributed by atoms with Crippen molar-refractivity contribution in [3.63, 3.8) is 0 Å². The van der Waals surface area contributed by atoms with Gasteiger partial charge in [-0.3, -0.25) is 9.69 Å². The SMILES string of the molecule is Cc1c(C(=O)NCCN2CCN(c3ccc(F)cc3)CC2)nnn1-c1cccc(Br)c1. The van der Waals surface area contributed by atoms with Crippen LogP contribution in [0.25, 0.3) is 5.69 Å². The quantitative estimate of drug-likeness (QED) is 0.579. The molecule has 1 aliphatic rings. The first-order chi connectivity index (χ1) is 15.0. The summed E-state index contributed by atoms with van der Waals surface area (Å²) in [5.41, 5.74) is 2.92. The van der Waals surface area contributed by atoms with Gasteiger partial charge in [0.15, 0.2) is 5.69 Å². The number of piperazine rings is 1. The maximum Gasteiger partial charge on any atom is 0.273 e. The highest BCUT2D eigenvalue weighted by molar-refractivity contribution is 9.10. The van der Waals surface area contributed by atoms with Gasteiger partial charge < -0.3 is 10.2 Å². The van der Waals surface area contributed by atoms with Crippen molar-refractivity contribution in [2.24, 2.45) is 0 Å². The summed E-state index contributed by atoms with van der Waals surface area (Å²) in [4.78, 5) is 17.1. The predicted octanol–water partition coefficient (Wildman–Crippen LogP) is 3.03. The van der Waals surface area contributed by atoms with Crippen molar-refractivity contribution in [3.05, 3.63) is 70.2 Å². The molecule has 7 nitrogen and oxygen atoms in total. The zero-order valence-corrected chi connectivity index (χ0v) is 18.8. The number of carbonyl (C=O) groups excluding carboxylic acids is 1. The second-order valence-electron chi connectivity index (χ2n) is 7.48. The fraction of sp³-hybridized carbons (Fsp3) is 0.318. The number of halogens is 2. The zero-order chi connectivity index (χ0) is 21.8. The van der Waals surface area contributed by atoms with E-state index in [0.29, 0.717) is 17.9 Å². The van der Waals surface area contributed by atoms with Gasteiger partial charge in [-0.05, 0) is 49.4 Å². The van der Waals surface area contributed by atoms with Gasteiger partial charge in [-0.25, -0.2) is 9.07 Å². The second-order valence-corrected chi connectivity index (χ2v) is 8.39. The van der Waals surface area contributed by atoms with Crippen LogP contribution in [0.2, 0.25) is 0 Å². The Morgan fingerprint density at radius 1 is 1.10 bits per heavy atom. The van der Waals surface area contributed by atoms with E-state index in [-0.39, 0.29) is 11.7 Å². The van der Waals surface area contributed by atoms with Crippen LogP contribution in [0.4, 0.5) is 10.1 Å². The average Bonchev–Trinajstić information content (AvgIpc) is 3.16. The first-order valence-electron chi connectivity index (χ1n) is 10.2. The molecule has 0 aliphatic carbocycles. The number of hydrogen-bond donors (Lipinski definition) is 1. The Morgan fingerprint density at radius 3 is 2.55 bits per heavy atom. The van der Waals surface area contributed by atoms with Gasteiger partial charge in [0.05, 0.1) is 11.4 Å². The highest BCUT2D eigenvalue weighted by atomic mass is 79.9. The van der Waals surface area contributed by atoms with Crippen LogP contribution >= 0.6 is 15.9 Å². The number of anilines is 1. The number of amides is 1. The molecule has 0 atom stereocenters. The van der Waals surface area contributed by atoms with Crippen LogP contribution in [0.5, 0.6) is 0 Å². The van der Waals surface area contributed by atoms with E-state index >= 15 is 0 Å². The summed E-state index contributed by atoms with van der Waals surface area (Å²) in [6, 6.07) is 14.3. The molecule has 9 heteroatoms. The topological polar surface area (TPSA) is 66.3 Å². The molecule has 4 rings (SSSR count). The maximum atomic E-state index is 13.1. The summed E-state index contributed by atoms with van der Waals surface area (Å²) < 4.78 is 15.7. The van der Waals surface area contributed by atoms with Crippen molar-refractivity contribution in [2.75, 3.05) is 44.2 Å². The number of nitrogens with zero attached hydrogens (tertiary/aromatic N) is 5. The Balaban J connectivity index is 1.26. The molecular weight excluding hydrogens is 463 g/mol. The van der Waals surface area contributed by atoms with Crippen molar-refractivity contribution in [1.82, 2.24) is 25.2 Å². The van der Waals surface area contributed by atoms with Gasteiger partial charge in [0, 0.05) is 49.4 Å². The van der Waals surface area contributed by atoms with Crippen LogP contribution in [0.1, 0.15) is 16.2 Å². The lowest BCUT2D eigenvalue weighted by atomic mass is 10.2. The minimum absolute atomic E-state index is 0.218. The molecule has 0 spiro atoms. The summed E-state index contributed by atoms with van der Waals surface area (Å²) in [5.74, 6) is -0.436. The van der Waals surface area contributed by atoms with E-state index in [1.807, 2.05) is 43.3 Å². The summed E-state index contributed by atoms with van der Waals surface area (Å²) >= 11 is 3.45. The van der Waals surface area contributed by atoms with Crippen LogP contribution in [0.15, 0.2) is 53.0 Å². The Kier molecular flexibility index (Phi) is 6.62. The highest BCUT2D eigenvalue weighted by Gasteiger charge is 2.19. The van der Waals surface area contributed by atoms with Gasteiger partial charge in [0.25, 0.3) is 5.91 Å². The van der Waals surface area contributed by atoms with Gasteiger partial charge in [-0.1, -0.05) is 27.2 Å². The third kappa shape index (κ3) is 5.11. The molecule has 1 saturated heterocycles. The van der Waals surface area contributed by atoms with Crippen LogP contribution in [-0.4, -0.2) is 65.1 Å². The minimum atomic E-state index is -0.219. The summed E-state index contributed by atoms with van der Waals surface area (Å²) in [7, 11) is 0. The van der Waals surface area contributed by atoms with E-state index in [0.717, 1.165) is 48.6 Å². The number of aromatic nitrogens is 3. The summed E-state index contributed by atoms with van der Waals surface area (Å²) in [5, 5.41) is 11.2. The van der Waals surface area contributed by atoms with E-state index in [1.165, 1.54) is 12.1 Å². The summed E-state index contributed by atoms with van der Waals surface area (Å²) in [6.07, 6.45) is 0. The van der Waals surface area contributed by atoms with E-state index < -0.39 is 0 Å². The number of rotatable bonds is 6. The first kappa shape index (κ1) is 21.5. The van der Waals surface area contributed by atoms with Gasteiger partial charge in [-0.15, -0.1) is 5.10 Å². The number of carbonyl (C=O) groups is 1. The van der Waals surface area contributed by atoms with Crippen LogP contribution in [0.3, 0.4) is 0 Å². The van der Waals surface area contributed by atoms with Crippen molar-refractivity contribution >= 4 is 27.5 Å². The number of hydrogen-bond acceptors (Lipinski definition) is 5. The maximum absolute atomic E-state index is 13.1. The van der Waals surface area contributed by atoms with Crippen molar-refractivity contribution in [3.8, 4) is 5.69 Å². The third-order valence-corrected chi connectivity index (χ3v) is 5.93. The van der Waals surface area contributed by atoms with Gasteiger partial charge >= 0.3 is 0 Å². The molecule has 1 aliphatic heterocycles. The number of nitrogens with one attached hydrogen (secondary N) is 1. The molecule has 0 saturated carbocycles. The van der Waals surface area contributed by atoms with E-state index in [1.54, 1.807) is 4.68 Å². The van der Waals surface area contributed by atoms with Crippen molar-refractivity contribution in [1.29, 1.82) is 0 Å².